The van der Waals surface area contributed by atoms with Crippen molar-refractivity contribution >= 4 is 5.91 Å². The summed E-state index contributed by atoms with van der Waals surface area (Å²) in [6, 6.07) is 1.69. The number of hydrogen-bond acceptors (Lipinski definition) is 4. The number of carbonyl (C=O) groups is 1. The van der Waals surface area contributed by atoms with Gasteiger partial charge in [-0.2, -0.15) is 0 Å². The van der Waals surface area contributed by atoms with E-state index in [9.17, 15) is 4.79 Å². The smallest absolute Gasteiger partial charge is 0.254 e. The average Bonchev–Trinajstić information content (AvgIpc) is 2.82. The van der Waals surface area contributed by atoms with Crippen molar-refractivity contribution in [3.05, 3.63) is 23.7 Å². The van der Waals surface area contributed by atoms with Gasteiger partial charge in [-0.05, 0) is 18.9 Å². The van der Waals surface area contributed by atoms with Gasteiger partial charge >= 0.3 is 0 Å². The molecular weight excluding hydrogens is 256 g/mol. The van der Waals surface area contributed by atoms with E-state index in [2.05, 4.69) is 24.1 Å². The highest BCUT2D eigenvalue weighted by Gasteiger charge is 2.22. The third kappa shape index (κ3) is 4.08. The van der Waals surface area contributed by atoms with Gasteiger partial charge in [0.05, 0.1) is 24.5 Å². The van der Waals surface area contributed by atoms with Crippen molar-refractivity contribution in [2.24, 2.45) is 5.92 Å². The number of nitrogens with one attached hydrogen (secondary N) is 1. The first-order valence-corrected chi connectivity index (χ1v) is 7.22. The lowest BCUT2D eigenvalue weighted by Gasteiger charge is -2.33. The summed E-state index contributed by atoms with van der Waals surface area (Å²) in [4.78, 5) is 14.4. The van der Waals surface area contributed by atoms with Crippen LogP contribution >= 0.6 is 0 Å². The third-order valence-electron chi connectivity index (χ3n) is 3.44. The molecular formula is C15H24N2O3. The molecule has 1 amide bonds. The zero-order valence-electron chi connectivity index (χ0n) is 12.5. The van der Waals surface area contributed by atoms with Crippen LogP contribution < -0.4 is 5.32 Å². The van der Waals surface area contributed by atoms with Crippen LogP contribution in [0, 0.1) is 12.8 Å². The molecule has 2 heterocycles. The number of furan rings is 1. The topological polar surface area (TPSA) is 54.7 Å². The Balaban J connectivity index is 1.79. The second-order valence-electron chi connectivity index (χ2n) is 5.75. The Morgan fingerprint density at radius 1 is 1.55 bits per heavy atom. The molecule has 1 unspecified atom stereocenters. The zero-order valence-corrected chi connectivity index (χ0v) is 12.5. The Morgan fingerprint density at radius 2 is 2.35 bits per heavy atom. The molecule has 1 N–H and O–H groups in total. The second-order valence-corrected chi connectivity index (χ2v) is 5.75. The van der Waals surface area contributed by atoms with Crippen LogP contribution in [-0.4, -0.2) is 49.7 Å². The Morgan fingerprint density at radius 3 is 3.00 bits per heavy atom. The van der Waals surface area contributed by atoms with E-state index in [0.717, 1.165) is 26.2 Å². The van der Waals surface area contributed by atoms with Gasteiger partial charge in [0.15, 0.2) is 0 Å². The SMILES string of the molecule is Cc1occc1C(=O)NCC1CN(CC(C)C)CCO1. The summed E-state index contributed by atoms with van der Waals surface area (Å²) in [5, 5.41) is 2.92. The summed E-state index contributed by atoms with van der Waals surface area (Å²) in [5.41, 5.74) is 0.597. The number of ether oxygens (including phenoxy) is 1. The number of rotatable bonds is 5. The third-order valence-corrected chi connectivity index (χ3v) is 3.44. The van der Waals surface area contributed by atoms with E-state index in [-0.39, 0.29) is 12.0 Å². The fourth-order valence-electron chi connectivity index (χ4n) is 2.51. The molecule has 1 fully saturated rings. The van der Waals surface area contributed by atoms with E-state index in [1.165, 1.54) is 6.26 Å². The molecule has 0 radical (unpaired) electrons. The molecule has 0 bridgehead atoms. The van der Waals surface area contributed by atoms with Gasteiger partial charge in [-0.25, -0.2) is 0 Å². The number of aryl methyl sites for hydroxylation is 1. The number of nitrogens with zero attached hydrogens (tertiary/aromatic N) is 1. The number of hydrogen-bond donors (Lipinski definition) is 1. The van der Waals surface area contributed by atoms with Crippen molar-refractivity contribution in [2.45, 2.75) is 26.9 Å². The summed E-state index contributed by atoms with van der Waals surface area (Å²) in [6.45, 7) is 10.4. The minimum Gasteiger partial charge on any atom is -0.469 e. The maximum absolute atomic E-state index is 12.0. The molecule has 1 aliphatic rings. The molecule has 0 spiro atoms. The van der Waals surface area contributed by atoms with Gasteiger partial charge in [0.1, 0.15) is 5.76 Å². The van der Waals surface area contributed by atoms with Gasteiger partial charge < -0.3 is 14.5 Å². The van der Waals surface area contributed by atoms with Crippen LogP contribution in [0.4, 0.5) is 0 Å². The van der Waals surface area contributed by atoms with Gasteiger partial charge in [-0.15, -0.1) is 0 Å². The molecule has 0 saturated carbocycles. The summed E-state index contributed by atoms with van der Waals surface area (Å²) < 4.78 is 10.8. The van der Waals surface area contributed by atoms with E-state index in [0.29, 0.717) is 23.8 Å². The molecule has 1 aromatic rings. The molecule has 0 aliphatic carbocycles. The van der Waals surface area contributed by atoms with Crippen LogP contribution in [0.25, 0.3) is 0 Å². The first-order chi connectivity index (χ1) is 9.56. The fourth-order valence-corrected chi connectivity index (χ4v) is 2.51. The largest absolute Gasteiger partial charge is 0.469 e. The van der Waals surface area contributed by atoms with Crippen LogP contribution in [0.2, 0.25) is 0 Å². The van der Waals surface area contributed by atoms with Gasteiger partial charge in [0.2, 0.25) is 0 Å². The summed E-state index contributed by atoms with van der Waals surface area (Å²) in [6.07, 6.45) is 1.60. The van der Waals surface area contributed by atoms with Gasteiger partial charge in [0, 0.05) is 26.2 Å². The van der Waals surface area contributed by atoms with Gasteiger partial charge in [-0.3, -0.25) is 9.69 Å². The minimum atomic E-state index is -0.0965. The Bertz CT molecular complexity index is 442. The summed E-state index contributed by atoms with van der Waals surface area (Å²) >= 11 is 0. The molecule has 5 nitrogen and oxygen atoms in total. The number of carbonyl (C=O) groups excluding carboxylic acids is 1. The number of morpholine rings is 1. The van der Waals surface area contributed by atoms with E-state index in [1.807, 2.05) is 0 Å². The molecule has 0 aromatic carbocycles. The molecule has 1 aliphatic heterocycles. The molecule has 1 aromatic heterocycles. The van der Waals surface area contributed by atoms with Crippen molar-refractivity contribution in [3.63, 3.8) is 0 Å². The van der Waals surface area contributed by atoms with Gasteiger partial charge in [-0.1, -0.05) is 13.8 Å². The first kappa shape index (κ1) is 15.1. The van der Waals surface area contributed by atoms with Crippen molar-refractivity contribution in [1.82, 2.24) is 10.2 Å². The molecule has 1 saturated heterocycles. The van der Waals surface area contributed by atoms with Gasteiger partial charge in [0.25, 0.3) is 5.91 Å². The predicted octanol–water partition coefficient (Wildman–Crippen LogP) is 1.67. The normalized spacial score (nSPS) is 20.3. The second kappa shape index (κ2) is 6.90. The van der Waals surface area contributed by atoms with Crippen LogP contribution in [0.1, 0.15) is 30.0 Å². The monoisotopic (exact) mass is 280 g/mol. The predicted molar refractivity (Wildman–Crippen MR) is 76.8 cm³/mol. The van der Waals surface area contributed by atoms with Crippen molar-refractivity contribution in [3.8, 4) is 0 Å². The van der Waals surface area contributed by atoms with Crippen LogP contribution in [0.3, 0.4) is 0 Å². The van der Waals surface area contributed by atoms with Crippen LogP contribution in [0.5, 0.6) is 0 Å². The van der Waals surface area contributed by atoms with Crippen molar-refractivity contribution < 1.29 is 13.9 Å². The number of amides is 1. The molecule has 5 heteroatoms. The maximum atomic E-state index is 12.0. The summed E-state index contributed by atoms with van der Waals surface area (Å²) in [5.74, 6) is 1.20. The highest BCUT2D eigenvalue weighted by Crippen LogP contribution is 2.10. The lowest BCUT2D eigenvalue weighted by Crippen LogP contribution is -2.48. The Kier molecular flexibility index (Phi) is 5.20. The first-order valence-electron chi connectivity index (χ1n) is 7.22. The van der Waals surface area contributed by atoms with Crippen LogP contribution in [0.15, 0.2) is 16.7 Å². The molecule has 112 valence electrons. The zero-order chi connectivity index (χ0) is 14.5. The quantitative estimate of drug-likeness (QED) is 0.891. The highest BCUT2D eigenvalue weighted by molar-refractivity contribution is 5.95. The summed E-state index contributed by atoms with van der Waals surface area (Å²) in [7, 11) is 0. The van der Waals surface area contributed by atoms with Crippen LogP contribution in [-0.2, 0) is 4.74 Å². The minimum absolute atomic E-state index is 0.0682. The lowest BCUT2D eigenvalue weighted by molar-refractivity contribution is -0.0295. The molecule has 1 atom stereocenters. The molecule has 20 heavy (non-hydrogen) atoms. The van der Waals surface area contributed by atoms with E-state index in [1.54, 1.807) is 13.0 Å². The fraction of sp³-hybridized carbons (Fsp3) is 0.667. The van der Waals surface area contributed by atoms with Crippen molar-refractivity contribution in [1.29, 1.82) is 0 Å². The van der Waals surface area contributed by atoms with E-state index in [4.69, 9.17) is 9.15 Å². The average molecular weight is 280 g/mol. The van der Waals surface area contributed by atoms with E-state index < -0.39 is 0 Å². The van der Waals surface area contributed by atoms with Crippen molar-refractivity contribution in [2.75, 3.05) is 32.8 Å². The molecule has 2 rings (SSSR count). The Hall–Kier alpha value is -1.33. The van der Waals surface area contributed by atoms with E-state index >= 15 is 0 Å². The maximum Gasteiger partial charge on any atom is 0.254 e. The highest BCUT2D eigenvalue weighted by atomic mass is 16.5. The Labute approximate surface area is 120 Å². The lowest BCUT2D eigenvalue weighted by atomic mass is 10.1. The standard InChI is InChI=1S/C15H24N2O3/c1-11(2)9-17-5-7-20-13(10-17)8-16-15(18)14-4-6-19-12(14)3/h4,6,11,13H,5,7-10H2,1-3H3,(H,16,18).